The summed E-state index contributed by atoms with van der Waals surface area (Å²) in [5.74, 6) is -2.07. The molecule has 44 heavy (non-hydrogen) atoms. The second kappa shape index (κ2) is 11.4. The number of amides is 2. The summed E-state index contributed by atoms with van der Waals surface area (Å²) < 4.78 is 42.3. The predicted molar refractivity (Wildman–Crippen MR) is 162 cm³/mol. The number of halogens is 3. The van der Waals surface area contributed by atoms with Gasteiger partial charge in [0.1, 0.15) is 6.04 Å². The standard InChI is InChI=1S/C33H44F3N5O3/c1-30-15-21-16-31(2,18-30)20-32(17-21,19-30)38-14-7-5-3-4-6-13-37-22-9-8-10-23-26(22)28(44)41(29(39-23)33(34,35)36)24-11-12-25(42)40-27(24)43/h8-10,21,24,37-38H,3-7,11-20H2,1-2H3,(H,40,42,43)/t21?,24?,30-,31-,32?/m1/s1. The van der Waals surface area contributed by atoms with Crippen LogP contribution in [-0.2, 0) is 15.8 Å². The van der Waals surface area contributed by atoms with Crippen molar-refractivity contribution in [3.05, 3.63) is 34.4 Å². The number of piperidine rings is 1. The van der Waals surface area contributed by atoms with E-state index in [9.17, 15) is 27.6 Å². The van der Waals surface area contributed by atoms with Gasteiger partial charge < -0.3 is 10.6 Å². The van der Waals surface area contributed by atoms with E-state index in [1.54, 1.807) is 12.1 Å². The first kappa shape index (κ1) is 31.0. The van der Waals surface area contributed by atoms with Crippen molar-refractivity contribution in [2.24, 2.45) is 16.7 Å². The quantitative estimate of drug-likeness (QED) is 0.209. The molecule has 3 atom stereocenters. The van der Waals surface area contributed by atoms with Gasteiger partial charge in [0.05, 0.1) is 10.9 Å². The summed E-state index contributed by atoms with van der Waals surface area (Å²) in [6.07, 6.45) is 8.05. The zero-order valence-corrected chi connectivity index (χ0v) is 25.7. The van der Waals surface area contributed by atoms with Crippen LogP contribution in [0.15, 0.2) is 23.0 Å². The molecule has 4 saturated carbocycles. The lowest BCUT2D eigenvalue weighted by molar-refractivity contribution is -0.150. The van der Waals surface area contributed by atoms with Crippen LogP contribution in [0.5, 0.6) is 0 Å². The molecule has 5 fully saturated rings. The van der Waals surface area contributed by atoms with Gasteiger partial charge in [-0.3, -0.25) is 24.3 Å². The van der Waals surface area contributed by atoms with Gasteiger partial charge in [-0.05, 0) is 93.2 Å². The van der Waals surface area contributed by atoms with Gasteiger partial charge in [0.25, 0.3) is 5.56 Å². The molecule has 0 radical (unpaired) electrons. The Balaban J connectivity index is 1.02. The third-order valence-corrected chi connectivity index (χ3v) is 10.5. The topological polar surface area (TPSA) is 105 Å². The van der Waals surface area contributed by atoms with E-state index in [1.165, 1.54) is 44.6 Å². The molecule has 1 aromatic heterocycles. The third-order valence-electron chi connectivity index (χ3n) is 10.5. The van der Waals surface area contributed by atoms with E-state index in [0.29, 0.717) is 33.2 Å². The summed E-state index contributed by atoms with van der Waals surface area (Å²) in [4.78, 5) is 41.4. The summed E-state index contributed by atoms with van der Waals surface area (Å²) in [7, 11) is 0. The average Bonchev–Trinajstić information content (AvgIpc) is 2.90. The lowest BCUT2D eigenvalue weighted by atomic mass is 9.43. The number of anilines is 1. The summed E-state index contributed by atoms with van der Waals surface area (Å²) in [5.41, 5.74) is 0.689. The number of alkyl halides is 3. The van der Waals surface area contributed by atoms with E-state index < -0.39 is 35.4 Å². The maximum absolute atomic E-state index is 14.0. The molecule has 2 amide bonds. The van der Waals surface area contributed by atoms with E-state index in [4.69, 9.17) is 0 Å². The number of fused-ring (bicyclic) bond motifs is 1. The summed E-state index contributed by atoms with van der Waals surface area (Å²) in [5, 5.41) is 9.27. The fraction of sp³-hybridized carbons (Fsp3) is 0.697. The monoisotopic (exact) mass is 615 g/mol. The first-order valence-electron chi connectivity index (χ1n) is 16.2. The van der Waals surface area contributed by atoms with Crippen molar-refractivity contribution < 1.29 is 22.8 Å². The van der Waals surface area contributed by atoms with Crippen LogP contribution in [0.1, 0.15) is 109 Å². The number of aromatic nitrogens is 2. The maximum Gasteiger partial charge on any atom is 0.449 e. The first-order valence-corrected chi connectivity index (χ1v) is 16.2. The molecule has 2 aromatic rings. The van der Waals surface area contributed by atoms with Crippen LogP contribution in [0.4, 0.5) is 18.9 Å². The predicted octanol–water partition coefficient (Wildman–Crippen LogP) is 6.09. The van der Waals surface area contributed by atoms with Gasteiger partial charge in [-0.25, -0.2) is 4.98 Å². The molecule has 4 aliphatic carbocycles. The number of rotatable bonds is 11. The highest BCUT2D eigenvalue weighted by atomic mass is 19.4. The minimum atomic E-state index is -4.96. The molecule has 2 heterocycles. The van der Waals surface area contributed by atoms with Gasteiger partial charge in [0.2, 0.25) is 17.6 Å². The van der Waals surface area contributed by atoms with E-state index >= 15 is 0 Å². The Kier molecular flexibility index (Phi) is 8.08. The van der Waals surface area contributed by atoms with Crippen LogP contribution in [-0.4, -0.2) is 40.0 Å². The average molecular weight is 616 g/mol. The largest absolute Gasteiger partial charge is 0.449 e. The van der Waals surface area contributed by atoms with Gasteiger partial charge in [-0.2, -0.15) is 13.2 Å². The van der Waals surface area contributed by atoms with Crippen LogP contribution in [0, 0.1) is 16.7 Å². The number of hydrogen-bond donors (Lipinski definition) is 3. The number of carbonyl (C=O) groups excluding carboxylic acids is 2. The van der Waals surface area contributed by atoms with Gasteiger partial charge in [-0.1, -0.05) is 39.2 Å². The van der Waals surface area contributed by atoms with Crippen molar-refractivity contribution in [2.75, 3.05) is 18.4 Å². The lowest BCUT2D eigenvalue weighted by Gasteiger charge is -2.65. The zero-order valence-electron chi connectivity index (χ0n) is 25.7. The van der Waals surface area contributed by atoms with E-state index in [-0.39, 0.29) is 23.7 Å². The Labute approximate surface area is 255 Å². The van der Waals surface area contributed by atoms with Gasteiger partial charge in [0, 0.05) is 24.2 Å². The normalized spacial score (nSPS) is 31.5. The molecule has 1 aromatic carbocycles. The molecule has 240 valence electrons. The van der Waals surface area contributed by atoms with Gasteiger partial charge in [-0.15, -0.1) is 0 Å². The Morgan fingerprint density at radius 1 is 0.955 bits per heavy atom. The second-order valence-electron chi connectivity index (χ2n) is 14.8. The molecule has 8 nitrogen and oxygen atoms in total. The van der Waals surface area contributed by atoms with E-state index in [1.807, 2.05) is 5.32 Å². The lowest BCUT2D eigenvalue weighted by Crippen LogP contribution is -2.64. The summed E-state index contributed by atoms with van der Waals surface area (Å²) in [6.45, 7) is 6.61. The van der Waals surface area contributed by atoms with Crippen molar-refractivity contribution in [1.82, 2.24) is 20.2 Å². The highest BCUT2D eigenvalue weighted by Crippen LogP contribution is 2.66. The summed E-state index contributed by atoms with van der Waals surface area (Å²) in [6, 6.07) is 3.10. The van der Waals surface area contributed by atoms with Crippen molar-refractivity contribution in [3.63, 3.8) is 0 Å². The number of benzene rings is 1. The number of nitrogens with zero attached hydrogens (tertiary/aromatic N) is 2. The van der Waals surface area contributed by atoms with Crippen LogP contribution in [0.3, 0.4) is 0 Å². The minimum Gasteiger partial charge on any atom is -0.384 e. The number of unbranched alkanes of at least 4 members (excludes halogenated alkanes) is 4. The molecule has 1 unspecified atom stereocenters. The van der Waals surface area contributed by atoms with Crippen molar-refractivity contribution in [2.45, 2.75) is 115 Å². The maximum atomic E-state index is 14.0. The molecule has 5 aliphatic rings. The number of nitrogens with one attached hydrogen (secondary N) is 3. The third kappa shape index (κ3) is 6.13. The molecule has 3 N–H and O–H groups in total. The highest BCUT2D eigenvalue weighted by Gasteiger charge is 2.59. The van der Waals surface area contributed by atoms with Crippen LogP contribution in [0.25, 0.3) is 10.9 Å². The van der Waals surface area contributed by atoms with Crippen molar-refractivity contribution >= 4 is 28.4 Å². The van der Waals surface area contributed by atoms with E-state index in [2.05, 4.69) is 29.5 Å². The van der Waals surface area contributed by atoms with Crippen LogP contribution >= 0.6 is 0 Å². The fourth-order valence-corrected chi connectivity index (χ4v) is 9.81. The number of imide groups is 1. The molecule has 1 saturated heterocycles. The Morgan fingerprint density at radius 3 is 2.30 bits per heavy atom. The first-order chi connectivity index (χ1) is 20.8. The van der Waals surface area contributed by atoms with Gasteiger partial charge in [0.15, 0.2) is 0 Å². The van der Waals surface area contributed by atoms with Gasteiger partial charge >= 0.3 is 6.18 Å². The smallest absolute Gasteiger partial charge is 0.384 e. The second-order valence-corrected chi connectivity index (χ2v) is 14.8. The molecule has 0 spiro atoms. The highest BCUT2D eigenvalue weighted by molar-refractivity contribution is 5.99. The molecular weight excluding hydrogens is 571 g/mol. The molecule has 7 rings (SSSR count). The summed E-state index contributed by atoms with van der Waals surface area (Å²) >= 11 is 0. The Hall–Kier alpha value is -2.95. The number of hydrogen-bond acceptors (Lipinski definition) is 6. The minimum absolute atomic E-state index is 0.00340. The molecular formula is C33H44F3N5O3. The zero-order chi connectivity index (χ0) is 31.3. The van der Waals surface area contributed by atoms with E-state index in [0.717, 1.165) is 44.6 Å². The van der Waals surface area contributed by atoms with Crippen molar-refractivity contribution in [3.8, 4) is 0 Å². The number of carbonyl (C=O) groups is 2. The van der Waals surface area contributed by atoms with Crippen LogP contribution < -0.4 is 21.5 Å². The van der Waals surface area contributed by atoms with Crippen LogP contribution in [0.2, 0.25) is 0 Å². The Bertz CT molecular complexity index is 1490. The Morgan fingerprint density at radius 2 is 1.64 bits per heavy atom. The molecule has 11 heteroatoms. The van der Waals surface area contributed by atoms with Crippen molar-refractivity contribution in [1.29, 1.82) is 0 Å². The molecule has 4 bridgehead atoms. The fourth-order valence-electron chi connectivity index (χ4n) is 9.81. The SMILES string of the molecule is C[C@]12CC3CC(NCCCCCCCNc4cccc5nc(C(F)(F)F)n(C6CCC(=O)NC6=O)c(=O)c45)(C1)C[C@](C)(C3)C2. The molecule has 1 aliphatic heterocycles.